The number of fused-ring (bicyclic) bond motifs is 2. The molecule has 0 unspecified atom stereocenters. The van der Waals surface area contributed by atoms with Gasteiger partial charge in [0.15, 0.2) is 0 Å². The van der Waals surface area contributed by atoms with Crippen molar-refractivity contribution < 1.29 is 14.4 Å². The molecular formula is C26H23N3O3. The molecule has 0 heterocycles. The van der Waals surface area contributed by atoms with Crippen molar-refractivity contribution in [2.24, 2.45) is 5.73 Å². The molecule has 0 aliphatic carbocycles. The number of anilines is 1. The summed E-state index contributed by atoms with van der Waals surface area (Å²) >= 11 is 0. The molecule has 6 nitrogen and oxygen atoms in total. The van der Waals surface area contributed by atoms with Crippen molar-refractivity contribution in [3.63, 3.8) is 0 Å². The third-order valence-electron chi connectivity index (χ3n) is 5.38. The highest BCUT2D eigenvalue weighted by Crippen LogP contribution is 2.29. The first kappa shape index (κ1) is 21.1. The monoisotopic (exact) mass is 425 g/mol. The van der Waals surface area contributed by atoms with Crippen molar-refractivity contribution >= 4 is 45.0 Å². The van der Waals surface area contributed by atoms with E-state index in [0.717, 1.165) is 27.1 Å². The molecule has 1 atom stereocenters. The first-order chi connectivity index (χ1) is 15.4. The van der Waals surface area contributed by atoms with Gasteiger partial charge in [-0.15, -0.1) is 0 Å². The molecule has 0 saturated heterocycles. The number of rotatable bonds is 6. The maximum atomic E-state index is 12.9. The van der Waals surface area contributed by atoms with Crippen LogP contribution < -0.4 is 16.4 Å². The number of amides is 3. The molecule has 6 heteroatoms. The lowest BCUT2D eigenvalue weighted by molar-refractivity contribution is -0.119. The molecule has 0 fully saturated rings. The van der Waals surface area contributed by atoms with Crippen LogP contribution in [-0.4, -0.2) is 23.8 Å². The van der Waals surface area contributed by atoms with Gasteiger partial charge in [-0.25, -0.2) is 0 Å². The van der Waals surface area contributed by atoms with Crippen molar-refractivity contribution in [2.75, 3.05) is 5.32 Å². The average molecular weight is 425 g/mol. The van der Waals surface area contributed by atoms with Crippen LogP contribution in [0, 0.1) is 0 Å². The summed E-state index contributed by atoms with van der Waals surface area (Å²) in [6.45, 7) is 1.39. The van der Waals surface area contributed by atoms with Gasteiger partial charge in [0.25, 0.3) is 5.91 Å². The third-order valence-corrected chi connectivity index (χ3v) is 5.38. The summed E-state index contributed by atoms with van der Waals surface area (Å²) in [5.41, 5.74) is 7.46. The molecule has 160 valence electrons. The van der Waals surface area contributed by atoms with Crippen LogP contribution in [0.25, 0.3) is 21.5 Å². The van der Waals surface area contributed by atoms with Crippen LogP contribution in [0.15, 0.2) is 78.9 Å². The number of nitrogens with two attached hydrogens (primary N) is 1. The van der Waals surface area contributed by atoms with Crippen LogP contribution in [0.1, 0.15) is 22.8 Å². The van der Waals surface area contributed by atoms with Gasteiger partial charge < -0.3 is 16.4 Å². The minimum atomic E-state index is -0.902. The molecular weight excluding hydrogens is 402 g/mol. The Morgan fingerprint density at radius 3 is 2.06 bits per heavy atom. The van der Waals surface area contributed by atoms with E-state index in [1.165, 1.54) is 6.92 Å². The molecule has 3 amide bonds. The zero-order valence-corrected chi connectivity index (χ0v) is 17.6. The van der Waals surface area contributed by atoms with E-state index in [1.807, 2.05) is 48.5 Å². The normalized spacial score (nSPS) is 11.8. The van der Waals surface area contributed by atoms with Crippen molar-refractivity contribution in [3.8, 4) is 0 Å². The van der Waals surface area contributed by atoms with Crippen LogP contribution in [0.2, 0.25) is 0 Å². The molecule has 32 heavy (non-hydrogen) atoms. The second-order valence-electron chi connectivity index (χ2n) is 7.69. The van der Waals surface area contributed by atoms with Gasteiger partial charge in [0.1, 0.15) is 6.04 Å². The zero-order valence-electron chi connectivity index (χ0n) is 17.6. The van der Waals surface area contributed by atoms with Crippen LogP contribution in [-0.2, 0) is 16.0 Å². The Kier molecular flexibility index (Phi) is 5.85. The van der Waals surface area contributed by atoms with E-state index in [4.69, 9.17) is 5.73 Å². The topological polar surface area (TPSA) is 101 Å². The van der Waals surface area contributed by atoms with E-state index in [1.54, 1.807) is 24.3 Å². The molecule has 0 aliphatic heterocycles. The minimum absolute atomic E-state index is 0.236. The van der Waals surface area contributed by atoms with E-state index in [0.29, 0.717) is 11.3 Å². The SMILES string of the molecule is CC(=O)Nc1cccc(C(=O)N[C@@H](Cc2c3ccccc3cc3ccccc23)C(N)=O)c1. The maximum Gasteiger partial charge on any atom is 0.252 e. The fraction of sp³-hybridized carbons (Fsp3) is 0.115. The number of nitrogens with one attached hydrogen (secondary N) is 2. The van der Waals surface area contributed by atoms with Gasteiger partial charge in [0.05, 0.1) is 0 Å². The highest BCUT2D eigenvalue weighted by molar-refractivity contribution is 6.03. The smallest absolute Gasteiger partial charge is 0.252 e. The van der Waals surface area contributed by atoms with E-state index in [2.05, 4.69) is 16.7 Å². The first-order valence-electron chi connectivity index (χ1n) is 10.3. The zero-order chi connectivity index (χ0) is 22.7. The summed E-state index contributed by atoms with van der Waals surface area (Å²) in [6.07, 6.45) is 0.258. The van der Waals surface area contributed by atoms with Gasteiger partial charge in [-0.2, -0.15) is 0 Å². The highest BCUT2D eigenvalue weighted by atomic mass is 16.2. The first-order valence-corrected chi connectivity index (χ1v) is 10.3. The molecule has 4 rings (SSSR count). The Balaban J connectivity index is 1.68. The van der Waals surface area contributed by atoms with Gasteiger partial charge in [0.2, 0.25) is 11.8 Å². The molecule has 0 radical (unpaired) electrons. The summed E-state index contributed by atoms with van der Waals surface area (Å²) in [4.78, 5) is 36.5. The fourth-order valence-corrected chi connectivity index (χ4v) is 3.94. The molecule has 0 aliphatic rings. The summed E-state index contributed by atoms with van der Waals surface area (Å²) in [6, 6.07) is 23.6. The molecule has 4 aromatic rings. The molecule has 0 aromatic heterocycles. The van der Waals surface area contributed by atoms with Gasteiger partial charge in [0, 0.05) is 24.6 Å². The summed E-state index contributed by atoms with van der Waals surface area (Å²) in [5.74, 6) is -1.29. The summed E-state index contributed by atoms with van der Waals surface area (Å²) in [7, 11) is 0. The van der Waals surface area contributed by atoms with Crippen LogP contribution in [0.5, 0.6) is 0 Å². The quantitative estimate of drug-likeness (QED) is 0.410. The van der Waals surface area contributed by atoms with Crippen LogP contribution in [0.3, 0.4) is 0 Å². The lowest BCUT2D eigenvalue weighted by atomic mass is 9.92. The predicted octanol–water partition coefficient (Wildman–Crippen LogP) is 3.78. The van der Waals surface area contributed by atoms with E-state index < -0.39 is 17.9 Å². The summed E-state index contributed by atoms with van der Waals surface area (Å²) in [5, 5.41) is 9.55. The molecule has 0 spiro atoms. The lowest BCUT2D eigenvalue weighted by Gasteiger charge is -2.19. The highest BCUT2D eigenvalue weighted by Gasteiger charge is 2.22. The maximum absolute atomic E-state index is 12.9. The number of hydrogen-bond acceptors (Lipinski definition) is 3. The lowest BCUT2D eigenvalue weighted by Crippen LogP contribution is -2.45. The van der Waals surface area contributed by atoms with Gasteiger partial charge in [-0.1, -0.05) is 54.6 Å². The predicted molar refractivity (Wildman–Crippen MR) is 126 cm³/mol. The summed E-state index contributed by atoms with van der Waals surface area (Å²) < 4.78 is 0. The van der Waals surface area contributed by atoms with Crippen molar-refractivity contribution in [1.29, 1.82) is 0 Å². The number of primary amides is 1. The van der Waals surface area contributed by atoms with Gasteiger partial charge in [-0.3, -0.25) is 14.4 Å². The Morgan fingerprint density at radius 1 is 0.844 bits per heavy atom. The Hall–Kier alpha value is -4.19. The van der Waals surface area contributed by atoms with Crippen LogP contribution in [0.4, 0.5) is 5.69 Å². The molecule has 0 bridgehead atoms. The molecule has 4 aromatic carbocycles. The largest absolute Gasteiger partial charge is 0.368 e. The number of carbonyl (C=O) groups excluding carboxylic acids is 3. The van der Waals surface area contributed by atoms with Crippen LogP contribution >= 0.6 is 0 Å². The molecule has 0 saturated carbocycles. The Bertz CT molecular complexity index is 1290. The van der Waals surface area contributed by atoms with Crippen molar-refractivity contribution in [1.82, 2.24) is 5.32 Å². The van der Waals surface area contributed by atoms with Gasteiger partial charge in [-0.05, 0) is 51.4 Å². The van der Waals surface area contributed by atoms with E-state index in [9.17, 15) is 14.4 Å². The minimum Gasteiger partial charge on any atom is -0.368 e. The van der Waals surface area contributed by atoms with E-state index >= 15 is 0 Å². The van der Waals surface area contributed by atoms with E-state index in [-0.39, 0.29) is 12.3 Å². The fourth-order valence-electron chi connectivity index (χ4n) is 3.94. The number of carbonyl (C=O) groups is 3. The second kappa shape index (κ2) is 8.89. The van der Waals surface area contributed by atoms with Crippen molar-refractivity contribution in [2.45, 2.75) is 19.4 Å². The average Bonchev–Trinajstić information content (AvgIpc) is 2.77. The number of benzene rings is 4. The Morgan fingerprint density at radius 2 is 1.47 bits per heavy atom. The number of hydrogen-bond donors (Lipinski definition) is 3. The van der Waals surface area contributed by atoms with Gasteiger partial charge >= 0.3 is 0 Å². The molecule has 4 N–H and O–H groups in total. The Labute approximate surface area is 185 Å². The van der Waals surface area contributed by atoms with Crippen molar-refractivity contribution in [3.05, 3.63) is 90.0 Å². The second-order valence-corrected chi connectivity index (χ2v) is 7.69. The standard InChI is InChI=1S/C26H23N3O3/c1-16(30)28-20-10-6-9-19(14-20)26(32)29-24(25(27)31)15-23-21-11-4-2-7-17(21)13-18-8-3-5-12-22(18)23/h2-14,24H,15H2,1H3,(H2,27,31)(H,28,30)(H,29,32)/t24-/m0/s1. The third kappa shape index (κ3) is 4.44.